The number of nitrogens with zero attached hydrogens (tertiary/aromatic N) is 1. The van der Waals surface area contributed by atoms with Gasteiger partial charge < -0.3 is 10.6 Å². The van der Waals surface area contributed by atoms with E-state index in [4.69, 9.17) is 0 Å². The molecule has 0 aromatic carbocycles. The summed E-state index contributed by atoms with van der Waals surface area (Å²) in [5.74, 6) is 0.653. The maximum absolute atomic E-state index is 12.6. The molecule has 120 valence electrons. The van der Waals surface area contributed by atoms with Crippen LogP contribution in [0, 0.1) is 5.92 Å². The Morgan fingerprint density at radius 2 is 1.90 bits per heavy atom. The lowest BCUT2D eigenvalue weighted by atomic mass is 9.77. The van der Waals surface area contributed by atoms with E-state index in [0.717, 1.165) is 38.6 Å². The van der Waals surface area contributed by atoms with Gasteiger partial charge in [0.2, 0.25) is 0 Å². The number of imide groups is 1. The van der Waals surface area contributed by atoms with Gasteiger partial charge in [-0.1, -0.05) is 6.92 Å². The van der Waals surface area contributed by atoms with Gasteiger partial charge in [-0.3, -0.25) is 9.69 Å². The van der Waals surface area contributed by atoms with Gasteiger partial charge in [0, 0.05) is 12.1 Å². The van der Waals surface area contributed by atoms with Crippen LogP contribution in [0.4, 0.5) is 4.79 Å². The first-order chi connectivity index (χ1) is 9.73. The lowest BCUT2D eigenvalue weighted by Gasteiger charge is -2.33. The van der Waals surface area contributed by atoms with Gasteiger partial charge in [-0.25, -0.2) is 4.79 Å². The number of hydrogen-bond donors (Lipinski definition) is 2. The molecule has 1 aliphatic carbocycles. The minimum absolute atomic E-state index is 0.00448. The Morgan fingerprint density at radius 3 is 2.48 bits per heavy atom. The van der Waals surface area contributed by atoms with Gasteiger partial charge in [0.15, 0.2) is 0 Å². The predicted octanol–water partition coefficient (Wildman–Crippen LogP) is 2.27. The maximum atomic E-state index is 12.6. The van der Waals surface area contributed by atoms with Crippen molar-refractivity contribution in [1.29, 1.82) is 0 Å². The van der Waals surface area contributed by atoms with Gasteiger partial charge in [-0.05, 0) is 65.3 Å². The lowest BCUT2D eigenvalue weighted by molar-refractivity contribution is -0.132. The molecule has 2 aliphatic rings. The Morgan fingerprint density at radius 1 is 1.29 bits per heavy atom. The number of carbonyl (C=O) groups excluding carboxylic acids is 2. The second kappa shape index (κ2) is 5.95. The zero-order chi connectivity index (χ0) is 15.7. The fraction of sp³-hybridized carbons (Fsp3) is 0.875. The SMILES string of the molecule is CC1CCC2(CC1)NC(=O)N(CCCNC(C)(C)C)C2=O. The molecule has 0 atom stereocenters. The van der Waals surface area contributed by atoms with Crippen molar-refractivity contribution in [2.75, 3.05) is 13.1 Å². The summed E-state index contributed by atoms with van der Waals surface area (Å²) in [6.07, 6.45) is 4.41. The highest BCUT2D eigenvalue weighted by molar-refractivity contribution is 6.07. The zero-order valence-corrected chi connectivity index (χ0v) is 13.8. The molecule has 1 heterocycles. The third-order valence-electron chi connectivity index (χ3n) is 4.59. The summed E-state index contributed by atoms with van der Waals surface area (Å²) in [5.41, 5.74) is -0.529. The van der Waals surface area contributed by atoms with Gasteiger partial charge in [-0.15, -0.1) is 0 Å². The van der Waals surface area contributed by atoms with Crippen molar-refractivity contribution in [1.82, 2.24) is 15.5 Å². The van der Waals surface area contributed by atoms with E-state index >= 15 is 0 Å². The predicted molar refractivity (Wildman–Crippen MR) is 83.0 cm³/mol. The van der Waals surface area contributed by atoms with Crippen LogP contribution in [0.3, 0.4) is 0 Å². The minimum Gasteiger partial charge on any atom is -0.323 e. The topological polar surface area (TPSA) is 61.4 Å². The van der Waals surface area contributed by atoms with Gasteiger partial charge >= 0.3 is 6.03 Å². The first kappa shape index (κ1) is 16.3. The lowest BCUT2D eigenvalue weighted by Crippen LogP contribution is -2.49. The third-order valence-corrected chi connectivity index (χ3v) is 4.59. The molecule has 21 heavy (non-hydrogen) atoms. The Hall–Kier alpha value is -1.10. The van der Waals surface area contributed by atoms with Crippen LogP contribution in [-0.2, 0) is 4.79 Å². The van der Waals surface area contributed by atoms with Crippen LogP contribution in [0.25, 0.3) is 0 Å². The number of hydrogen-bond acceptors (Lipinski definition) is 3. The molecule has 1 saturated carbocycles. The van der Waals surface area contributed by atoms with Crippen molar-refractivity contribution in [3.8, 4) is 0 Å². The smallest absolute Gasteiger partial charge is 0.323 e. The summed E-state index contributed by atoms with van der Waals surface area (Å²) in [6, 6.07) is -0.203. The monoisotopic (exact) mass is 295 g/mol. The van der Waals surface area contributed by atoms with Gasteiger partial charge in [0.05, 0.1) is 0 Å². The molecular formula is C16H29N3O2. The molecule has 0 aromatic heterocycles. The molecule has 1 saturated heterocycles. The van der Waals surface area contributed by atoms with Crippen molar-refractivity contribution >= 4 is 11.9 Å². The quantitative estimate of drug-likeness (QED) is 0.618. The molecule has 2 N–H and O–H groups in total. The van der Waals surface area contributed by atoms with Crippen LogP contribution in [0.1, 0.15) is 59.8 Å². The highest BCUT2D eigenvalue weighted by Crippen LogP contribution is 2.36. The summed E-state index contributed by atoms with van der Waals surface area (Å²) < 4.78 is 0. The van der Waals surface area contributed by atoms with Crippen molar-refractivity contribution < 1.29 is 9.59 Å². The fourth-order valence-corrected chi connectivity index (χ4v) is 3.17. The molecule has 0 aromatic rings. The van der Waals surface area contributed by atoms with E-state index in [1.165, 1.54) is 4.90 Å². The van der Waals surface area contributed by atoms with E-state index in [1.807, 2.05) is 0 Å². The maximum Gasteiger partial charge on any atom is 0.325 e. The summed E-state index contributed by atoms with van der Waals surface area (Å²) >= 11 is 0. The second-order valence-corrected chi connectivity index (χ2v) is 7.68. The Balaban J connectivity index is 1.87. The zero-order valence-electron chi connectivity index (χ0n) is 13.8. The van der Waals surface area contributed by atoms with E-state index < -0.39 is 5.54 Å². The summed E-state index contributed by atoms with van der Waals surface area (Å²) in [4.78, 5) is 26.1. The standard InChI is InChI=1S/C16H29N3O2/c1-12-6-8-16(9-7-12)13(20)19(14(21)18-16)11-5-10-17-15(2,3)4/h12,17H,5-11H2,1-4H3,(H,18,21). The van der Waals surface area contributed by atoms with Crippen molar-refractivity contribution in [2.24, 2.45) is 5.92 Å². The van der Waals surface area contributed by atoms with E-state index in [9.17, 15) is 9.59 Å². The highest BCUT2D eigenvalue weighted by Gasteiger charge is 2.51. The third kappa shape index (κ3) is 3.76. The summed E-state index contributed by atoms with van der Waals surface area (Å²) in [5, 5.41) is 6.35. The number of rotatable bonds is 4. The molecule has 5 heteroatoms. The average Bonchev–Trinajstić information content (AvgIpc) is 2.61. The number of carbonyl (C=O) groups is 2. The van der Waals surface area contributed by atoms with Gasteiger partial charge in [0.25, 0.3) is 5.91 Å². The molecule has 2 rings (SSSR count). The molecule has 0 unspecified atom stereocenters. The van der Waals surface area contributed by atoms with Crippen LogP contribution in [0.2, 0.25) is 0 Å². The molecule has 0 bridgehead atoms. The van der Waals surface area contributed by atoms with Crippen LogP contribution in [0.5, 0.6) is 0 Å². The van der Waals surface area contributed by atoms with Crippen molar-refractivity contribution in [3.63, 3.8) is 0 Å². The fourth-order valence-electron chi connectivity index (χ4n) is 3.17. The molecule has 1 aliphatic heterocycles. The van der Waals surface area contributed by atoms with Crippen molar-refractivity contribution in [2.45, 2.75) is 70.9 Å². The summed E-state index contributed by atoms with van der Waals surface area (Å²) in [7, 11) is 0. The van der Waals surface area contributed by atoms with Crippen LogP contribution in [-0.4, -0.2) is 41.0 Å². The first-order valence-electron chi connectivity index (χ1n) is 8.13. The largest absolute Gasteiger partial charge is 0.325 e. The molecule has 0 radical (unpaired) electrons. The number of amides is 3. The molecule has 1 spiro atoms. The molecule has 3 amide bonds. The normalized spacial score (nSPS) is 30.1. The minimum atomic E-state index is -0.596. The van der Waals surface area contributed by atoms with Crippen LogP contribution < -0.4 is 10.6 Å². The Kier molecular flexibility index (Phi) is 4.61. The van der Waals surface area contributed by atoms with Crippen molar-refractivity contribution in [3.05, 3.63) is 0 Å². The first-order valence-corrected chi connectivity index (χ1v) is 8.13. The highest BCUT2D eigenvalue weighted by atomic mass is 16.2. The average molecular weight is 295 g/mol. The van der Waals surface area contributed by atoms with E-state index in [-0.39, 0.29) is 17.5 Å². The van der Waals surface area contributed by atoms with E-state index in [1.54, 1.807) is 0 Å². The number of urea groups is 1. The Bertz CT molecular complexity index is 406. The van der Waals surface area contributed by atoms with Crippen LogP contribution in [0.15, 0.2) is 0 Å². The van der Waals surface area contributed by atoms with E-state index in [2.05, 4.69) is 38.3 Å². The number of nitrogens with one attached hydrogen (secondary N) is 2. The molecular weight excluding hydrogens is 266 g/mol. The molecule has 2 fully saturated rings. The van der Waals surface area contributed by atoms with Crippen LogP contribution >= 0.6 is 0 Å². The van der Waals surface area contributed by atoms with Gasteiger partial charge in [-0.2, -0.15) is 0 Å². The summed E-state index contributed by atoms with van der Waals surface area (Å²) in [6.45, 7) is 9.86. The van der Waals surface area contributed by atoms with E-state index in [0.29, 0.717) is 12.5 Å². The molecule has 5 nitrogen and oxygen atoms in total. The second-order valence-electron chi connectivity index (χ2n) is 7.68. The Labute approximate surface area is 127 Å². The van der Waals surface area contributed by atoms with Gasteiger partial charge in [0.1, 0.15) is 5.54 Å².